The number of fused-ring (bicyclic) bond motifs is 4. The third-order valence-corrected chi connectivity index (χ3v) is 10.1. The summed E-state index contributed by atoms with van der Waals surface area (Å²) in [7, 11) is 0. The second-order valence-electron chi connectivity index (χ2n) is 13.6. The lowest BCUT2D eigenvalue weighted by Crippen LogP contribution is -2.62. The number of ether oxygens (including phenoxy) is 7. The number of nitrogens with one attached hydrogen (secondary N) is 1. The topological polar surface area (TPSA) is 229 Å². The number of hydrogen-bond acceptors (Lipinski definition) is 16. The fraction of sp³-hybridized carbons (Fsp3) is 0.583. The predicted octanol–water partition coefficient (Wildman–Crippen LogP) is 0.730. The van der Waals surface area contributed by atoms with Gasteiger partial charge in [-0.2, -0.15) is 0 Å². The molecule has 10 unspecified atom stereocenters. The van der Waals surface area contributed by atoms with Crippen molar-refractivity contribution in [2.75, 3.05) is 20.4 Å². The lowest BCUT2D eigenvalue weighted by Gasteiger charge is -2.47. The molecule has 52 heavy (non-hydrogen) atoms. The molecule has 16 nitrogen and oxygen atoms in total. The number of ketones is 3. The van der Waals surface area contributed by atoms with Crippen LogP contribution in [-0.4, -0.2) is 118 Å². The molecule has 6 N–H and O–H groups in total. The zero-order chi connectivity index (χ0) is 37.5. The van der Waals surface area contributed by atoms with Crippen LogP contribution in [0.2, 0.25) is 0 Å². The average Bonchev–Trinajstić information content (AvgIpc) is 3.08. The Hall–Kier alpha value is -3.39. The molecule has 0 saturated carbocycles. The van der Waals surface area contributed by atoms with E-state index in [2.05, 4.69) is 5.32 Å². The van der Waals surface area contributed by atoms with E-state index in [0.717, 1.165) is 0 Å². The number of carbonyl (C=O) groups excluding carboxylic acids is 3. The summed E-state index contributed by atoms with van der Waals surface area (Å²) in [4.78, 5) is 41.6. The highest BCUT2D eigenvalue weighted by atomic mass is 16.7. The van der Waals surface area contributed by atoms with Crippen LogP contribution in [0.4, 0.5) is 0 Å². The third kappa shape index (κ3) is 7.01. The van der Waals surface area contributed by atoms with Crippen LogP contribution < -0.4 is 14.8 Å². The highest BCUT2D eigenvalue weighted by molar-refractivity contribution is 6.30. The van der Waals surface area contributed by atoms with Crippen LogP contribution in [-0.2, 0) is 34.9 Å². The van der Waals surface area contributed by atoms with Crippen LogP contribution >= 0.6 is 0 Å². The van der Waals surface area contributed by atoms with Gasteiger partial charge >= 0.3 is 0 Å². The number of carbonyl (C=O) groups is 3. The van der Waals surface area contributed by atoms with Crippen molar-refractivity contribution >= 4 is 17.3 Å². The van der Waals surface area contributed by atoms with Crippen molar-refractivity contribution in [2.45, 2.75) is 114 Å². The summed E-state index contributed by atoms with van der Waals surface area (Å²) in [5, 5.41) is 54.3. The fourth-order valence-electron chi connectivity index (χ4n) is 7.73. The fourth-order valence-corrected chi connectivity index (χ4v) is 7.73. The van der Waals surface area contributed by atoms with E-state index in [9.17, 15) is 39.9 Å². The SMILES string of the molecule is CC(=O)C1(OCO)Cc2c(OCO)c3c(c(OCO)c2C(OC2CC4NC(O)C(C)OC(CC(C)O)OC4C(C)O2)C1)C(=O)c1ccccc1C3=O. The Morgan fingerprint density at radius 3 is 2.19 bits per heavy atom. The number of aliphatic hydroxyl groups excluding tert-OH is 5. The van der Waals surface area contributed by atoms with E-state index < -0.39 is 98.7 Å². The number of benzene rings is 2. The number of aliphatic hydroxyl groups is 5. The summed E-state index contributed by atoms with van der Waals surface area (Å²) < 4.78 is 42.2. The minimum atomic E-state index is -1.74. The molecule has 2 heterocycles. The zero-order valence-electron chi connectivity index (χ0n) is 29.3. The van der Waals surface area contributed by atoms with Crippen molar-refractivity contribution in [1.29, 1.82) is 0 Å². The Morgan fingerprint density at radius 2 is 1.60 bits per heavy atom. The van der Waals surface area contributed by atoms with Gasteiger partial charge in [0.15, 0.2) is 43.5 Å². The minimum Gasteiger partial charge on any atom is -0.467 e. The first kappa shape index (κ1) is 38.3. The van der Waals surface area contributed by atoms with E-state index in [1.165, 1.54) is 19.1 Å². The maximum absolute atomic E-state index is 14.2. The molecule has 0 aromatic heterocycles. The molecule has 0 amide bonds. The number of Topliss-reactive ketones (excluding diaryl/α,β-unsaturated/α-hetero) is 1. The van der Waals surface area contributed by atoms with E-state index >= 15 is 0 Å². The highest BCUT2D eigenvalue weighted by Crippen LogP contribution is 2.53. The summed E-state index contributed by atoms with van der Waals surface area (Å²) in [6.45, 7) is 3.58. The summed E-state index contributed by atoms with van der Waals surface area (Å²) in [6.07, 6.45) is -7.33. The van der Waals surface area contributed by atoms with Crippen molar-refractivity contribution in [2.24, 2.45) is 0 Å². The van der Waals surface area contributed by atoms with Crippen molar-refractivity contribution in [3.63, 3.8) is 0 Å². The molecule has 2 saturated heterocycles. The second-order valence-corrected chi connectivity index (χ2v) is 13.6. The summed E-state index contributed by atoms with van der Waals surface area (Å²) >= 11 is 0. The maximum atomic E-state index is 14.2. The molecule has 6 rings (SSSR count). The van der Waals surface area contributed by atoms with Crippen molar-refractivity contribution in [3.05, 3.63) is 57.6 Å². The minimum absolute atomic E-state index is 0.0800. The van der Waals surface area contributed by atoms with Crippen LogP contribution in [0, 0.1) is 0 Å². The monoisotopic (exact) mass is 731 g/mol. The molecular weight excluding hydrogens is 686 g/mol. The van der Waals surface area contributed by atoms with Crippen molar-refractivity contribution < 1.29 is 73.1 Å². The first-order chi connectivity index (χ1) is 24.8. The molecule has 284 valence electrons. The quantitative estimate of drug-likeness (QED) is 0.149. The zero-order valence-corrected chi connectivity index (χ0v) is 29.3. The normalized spacial score (nSPS) is 32.0. The molecule has 0 radical (unpaired) electrons. The van der Waals surface area contributed by atoms with Gasteiger partial charge in [-0.05, 0) is 27.7 Å². The maximum Gasteiger partial charge on any atom is 0.198 e. The van der Waals surface area contributed by atoms with E-state index in [1.54, 1.807) is 32.9 Å². The first-order valence-corrected chi connectivity index (χ1v) is 17.2. The van der Waals surface area contributed by atoms with Crippen LogP contribution in [0.25, 0.3) is 0 Å². The van der Waals surface area contributed by atoms with Crippen LogP contribution in [0.3, 0.4) is 0 Å². The van der Waals surface area contributed by atoms with E-state index in [-0.39, 0.29) is 70.6 Å². The lowest BCUT2D eigenvalue weighted by molar-refractivity contribution is -0.304. The van der Waals surface area contributed by atoms with E-state index in [0.29, 0.717) is 0 Å². The van der Waals surface area contributed by atoms with Gasteiger partial charge < -0.3 is 58.7 Å². The molecule has 2 aliphatic carbocycles. The van der Waals surface area contributed by atoms with Crippen molar-refractivity contribution in [3.8, 4) is 11.5 Å². The standard InChI is InChI=1S/C36H45NO15/c1-16(41)9-25-50-18(3)35(45)37-23-10-26(49-17(2)32(23)52-25)51-24-12-36(19(4)42,48-15-40)11-22-27(24)34(47-14-39)29-28(33(22)46-13-38)30(43)20-7-5-6-8-21(20)31(29)44/h5-8,16-18,23-26,32,35,37-41,45H,9-15H2,1-4H3. The van der Waals surface area contributed by atoms with Crippen molar-refractivity contribution in [1.82, 2.24) is 5.32 Å². The number of hydrogen-bond donors (Lipinski definition) is 6. The molecule has 2 fully saturated rings. The summed E-state index contributed by atoms with van der Waals surface area (Å²) in [5.41, 5.74) is -1.77. The molecule has 0 spiro atoms. The van der Waals surface area contributed by atoms with Crippen LogP contribution in [0.5, 0.6) is 11.5 Å². The van der Waals surface area contributed by atoms with Gasteiger partial charge in [0.25, 0.3) is 0 Å². The van der Waals surface area contributed by atoms with Gasteiger partial charge in [0.2, 0.25) is 0 Å². The summed E-state index contributed by atoms with van der Waals surface area (Å²) in [6, 6.07) is 5.59. The molecule has 0 bridgehead atoms. The van der Waals surface area contributed by atoms with Crippen LogP contribution in [0.15, 0.2) is 24.3 Å². The van der Waals surface area contributed by atoms with Gasteiger partial charge in [-0.25, -0.2) is 0 Å². The highest BCUT2D eigenvalue weighted by Gasteiger charge is 2.52. The molecule has 2 aromatic carbocycles. The molecule has 2 aliphatic heterocycles. The number of rotatable bonds is 11. The van der Waals surface area contributed by atoms with E-state index in [1.807, 2.05) is 0 Å². The predicted molar refractivity (Wildman–Crippen MR) is 176 cm³/mol. The Morgan fingerprint density at radius 1 is 0.962 bits per heavy atom. The van der Waals surface area contributed by atoms with Gasteiger partial charge in [-0.15, -0.1) is 0 Å². The van der Waals surface area contributed by atoms with Gasteiger partial charge in [0.1, 0.15) is 36.2 Å². The van der Waals surface area contributed by atoms with Gasteiger partial charge in [-0.1, -0.05) is 24.3 Å². The molecule has 2 aromatic rings. The smallest absolute Gasteiger partial charge is 0.198 e. The Labute approximate surface area is 299 Å². The van der Waals surface area contributed by atoms with E-state index in [4.69, 9.17) is 33.2 Å². The van der Waals surface area contributed by atoms with Gasteiger partial charge in [-0.3, -0.25) is 19.7 Å². The van der Waals surface area contributed by atoms with Crippen LogP contribution in [0.1, 0.15) is 96.0 Å². The molecule has 10 atom stereocenters. The molecule has 16 heteroatoms. The first-order valence-electron chi connectivity index (χ1n) is 17.2. The second kappa shape index (κ2) is 15.5. The average molecular weight is 732 g/mol. The molecular formula is C36H45NO15. The Kier molecular flexibility index (Phi) is 11.4. The third-order valence-electron chi connectivity index (χ3n) is 10.1. The summed E-state index contributed by atoms with van der Waals surface area (Å²) in [5.74, 6) is -2.12. The lowest BCUT2D eigenvalue weighted by atomic mass is 9.72. The Balaban J connectivity index is 1.47. The molecule has 4 aliphatic rings. The Bertz CT molecular complexity index is 1680. The van der Waals surface area contributed by atoms with Gasteiger partial charge in [0.05, 0.1) is 35.5 Å². The largest absolute Gasteiger partial charge is 0.467 e. The van der Waals surface area contributed by atoms with Gasteiger partial charge in [0, 0.05) is 54.0 Å².